The van der Waals surface area contributed by atoms with Crippen LogP contribution in [-0.4, -0.2) is 30.7 Å². The second kappa shape index (κ2) is 6.59. The van der Waals surface area contributed by atoms with Crippen LogP contribution in [0.2, 0.25) is 0 Å². The molecule has 1 aliphatic rings. The molecule has 25 heavy (non-hydrogen) atoms. The summed E-state index contributed by atoms with van der Waals surface area (Å²) in [7, 11) is 3.40. The number of para-hydroxylation sites is 1. The van der Waals surface area contributed by atoms with Crippen LogP contribution < -0.4 is 14.4 Å². The van der Waals surface area contributed by atoms with E-state index >= 15 is 0 Å². The van der Waals surface area contributed by atoms with Gasteiger partial charge in [0.2, 0.25) is 0 Å². The van der Waals surface area contributed by atoms with Gasteiger partial charge in [0.1, 0.15) is 23.6 Å². The summed E-state index contributed by atoms with van der Waals surface area (Å²) in [5.41, 5.74) is 2.11. The van der Waals surface area contributed by atoms with Gasteiger partial charge < -0.3 is 14.4 Å². The van der Waals surface area contributed by atoms with Crippen LogP contribution in [0.4, 0.5) is 5.82 Å². The SMILES string of the molecule is COc1ccc(OC)c([C@H]2CCCN2c2ncnc3ccccc23)c1. The van der Waals surface area contributed by atoms with E-state index in [1.807, 2.05) is 30.3 Å². The molecule has 128 valence electrons. The van der Waals surface area contributed by atoms with E-state index in [9.17, 15) is 0 Å². The van der Waals surface area contributed by atoms with Gasteiger partial charge >= 0.3 is 0 Å². The lowest BCUT2D eigenvalue weighted by molar-refractivity contribution is 0.395. The lowest BCUT2D eigenvalue weighted by Gasteiger charge is -2.28. The second-order valence-electron chi connectivity index (χ2n) is 6.17. The van der Waals surface area contributed by atoms with Crippen LogP contribution >= 0.6 is 0 Å². The summed E-state index contributed by atoms with van der Waals surface area (Å²) >= 11 is 0. The van der Waals surface area contributed by atoms with E-state index in [0.29, 0.717) is 0 Å². The maximum atomic E-state index is 5.61. The van der Waals surface area contributed by atoms with Crippen LogP contribution in [-0.2, 0) is 0 Å². The Morgan fingerprint density at radius 2 is 1.92 bits per heavy atom. The van der Waals surface area contributed by atoms with Crippen LogP contribution in [0.5, 0.6) is 11.5 Å². The Labute approximate surface area is 147 Å². The van der Waals surface area contributed by atoms with Crippen LogP contribution in [0.15, 0.2) is 48.8 Å². The van der Waals surface area contributed by atoms with Crippen LogP contribution in [0, 0.1) is 0 Å². The second-order valence-corrected chi connectivity index (χ2v) is 6.17. The first kappa shape index (κ1) is 15.7. The van der Waals surface area contributed by atoms with E-state index in [2.05, 4.69) is 27.0 Å². The number of rotatable bonds is 4. The Bertz CT molecular complexity index is 892. The lowest BCUT2D eigenvalue weighted by atomic mass is 10.0. The highest BCUT2D eigenvalue weighted by atomic mass is 16.5. The average molecular weight is 335 g/mol. The molecule has 2 heterocycles. The molecule has 0 bridgehead atoms. The number of anilines is 1. The molecule has 4 rings (SSSR count). The van der Waals surface area contributed by atoms with Gasteiger partial charge in [0, 0.05) is 17.5 Å². The molecular formula is C20H21N3O2. The molecule has 0 radical (unpaired) electrons. The van der Waals surface area contributed by atoms with Crippen molar-refractivity contribution in [2.45, 2.75) is 18.9 Å². The van der Waals surface area contributed by atoms with Gasteiger partial charge in [-0.2, -0.15) is 0 Å². The zero-order valence-electron chi connectivity index (χ0n) is 14.5. The summed E-state index contributed by atoms with van der Waals surface area (Å²) in [4.78, 5) is 11.4. The summed E-state index contributed by atoms with van der Waals surface area (Å²) in [5, 5.41) is 1.08. The van der Waals surface area contributed by atoms with Gasteiger partial charge in [0.05, 0.1) is 25.8 Å². The zero-order chi connectivity index (χ0) is 17.2. The van der Waals surface area contributed by atoms with Crippen molar-refractivity contribution in [1.29, 1.82) is 0 Å². The quantitative estimate of drug-likeness (QED) is 0.721. The minimum atomic E-state index is 0.211. The molecule has 0 saturated carbocycles. The Morgan fingerprint density at radius 3 is 2.76 bits per heavy atom. The minimum Gasteiger partial charge on any atom is -0.497 e. The number of hydrogen-bond donors (Lipinski definition) is 0. The van der Waals surface area contributed by atoms with Gasteiger partial charge in [-0.25, -0.2) is 9.97 Å². The summed E-state index contributed by atoms with van der Waals surface area (Å²) in [6, 6.07) is 14.3. The number of fused-ring (bicyclic) bond motifs is 1. The molecule has 0 aliphatic carbocycles. The first-order valence-electron chi connectivity index (χ1n) is 8.50. The summed E-state index contributed by atoms with van der Waals surface area (Å²) in [6.07, 6.45) is 3.82. The van der Waals surface area contributed by atoms with Gasteiger partial charge in [-0.05, 0) is 43.2 Å². The summed E-state index contributed by atoms with van der Waals surface area (Å²) in [5.74, 6) is 2.71. The van der Waals surface area contributed by atoms with E-state index in [1.165, 1.54) is 0 Å². The van der Waals surface area contributed by atoms with E-state index in [4.69, 9.17) is 9.47 Å². The standard InChI is InChI=1S/C20H21N3O2/c1-24-14-9-10-19(25-2)16(12-14)18-8-5-11-23(18)20-15-6-3-4-7-17(15)21-13-22-20/h3-4,6-7,9-10,12-13,18H,5,8,11H2,1-2H3/t18-/m1/s1. The molecule has 2 aromatic carbocycles. The maximum Gasteiger partial charge on any atom is 0.140 e. The van der Waals surface area contributed by atoms with Crippen molar-refractivity contribution < 1.29 is 9.47 Å². The maximum absolute atomic E-state index is 5.61. The fraction of sp³-hybridized carbons (Fsp3) is 0.300. The topological polar surface area (TPSA) is 47.5 Å². The number of hydrogen-bond acceptors (Lipinski definition) is 5. The van der Waals surface area contributed by atoms with Gasteiger partial charge in [-0.1, -0.05) is 12.1 Å². The molecule has 0 amide bonds. The number of benzene rings is 2. The molecule has 1 aliphatic heterocycles. The average Bonchev–Trinajstić information content (AvgIpc) is 3.16. The smallest absolute Gasteiger partial charge is 0.140 e. The lowest BCUT2D eigenvalue weighted by Crippen LogP contribution is -2.24. The number of nitrogens with zero attached hydrogens (tertiary/aromatic N) is 3. The number of methoxy groups -OCH3 is 2. The number of ether oxygens (including phenoxy) is 2. The highest BCUT2D eigenvalue weighted by Crippen LogP contribution is 2.42. The molecule has 0 N–H and O–H groups in total. The van der Waals surface area contributed by atoms with Crippen molar-refractivity contribution in [2.24, 2.45) is 0 Å². The first-order valence-corrected chi connectivity index (χ1v) is 8.50. The fourth-order valence-corrected chi connectivity index (χ4v) is 3.66. The fourth-order valence-electron chi connectivity index (χ4n) is 3.66. The highest BCUT2D eigenvalue weighted by Gasteiger charge is 2.30. The third-order valence-electron chi connectivity index (χ3n) is 4.84. The molecule has 1 aromatic heterocycles. The van der Waals surface area contributed by atoms with E-state index < -0.39 is 0 Å². The van der Waals surface area contributed by atoms with Crippen LogP contribution in [0.25, 0.3) is 10.9 Å². The van der Waals surface area contributed by atoms with Crippen molar-refractivity contribution in [3.8, 4) is 11.5 Å². The normalized spacial score (nSPS) is 17.0. The zero-order valence-corrected chi connectivity index (χ0v) is 14.5. The highest BCUT2D eigenvalue weighted by molar-refractivity contribution is 5.89. The van der Waals surface area contributed by atoms with E-state index in [1.54, 1.807) is 20.5 Å². The Hall–Kier alpha value is -2.82. The molecule has 1 atom stereocenters. The first-order chi connectivity index (χ1) is 12.3. The minimum absolute atomic E-state index is 0.211. The van der Waals surface area contributed by atoms with Gasteiger partial charge in [0.15, 0.2) is 0 Å². The summed E-state index contributed by atoms with van der Waals surface area (Å²) in [6.45, 7) is 0.964. The van der Waals surface area contributed by atoms with Crippen molar-refractivity contribution in [3.63, 3.8) is 0 Å². The molecule has 0 spiro atoms. The predicted octanol–water partition coefficient (Wildman–Crippen LogP) is 3.99. The Kier molecular flexibility index (Phi) is 4.14. The van der Waals surface area contributed by atoms with E-state index in [0.717, 1.165) is 53.2 Å². The monoisotopic (exact) mass is 335 g/mol. The number of aromatic nitrogens is 2. The van der Waals surface area contributed by atoms with Gasteiger partial charge in [-0.3, -0.25) is 0 Å². The third kappa shape index (κ3) is 2.76. The van der Waals surface area contributed by atoms with Crippen LogP contribution in [0.3, 0.4) is 0 Å². The molecule has 0 unspecified atom stereocenters. The Morgan fingerprint density at radius 1 is 1.04 bits per heavy atom. The molecule has 1 saturated heterocycles. The van der Waals surface area contributed by atoms with Crippen LogP contribution in [0.1, 0.15) is 24.4 Å². The third-order valence-corrected chi connectivity index (χ3v) is 4.84. The predicted molar refractivity (Wildman–Crippen MR) is 98.4 cm³/mol. The van der Waals surface area contributed by atoms with Crippen molar-refractivity contribution >= 4 is 16.7 Å². The largest absolute Gasteiger partial charge is 0.497 e. The molecule has 1 fully saturated rings. The molecule has 5 heteroatoms. The van der Waals surface area contributed by atoms with Crippen molar-refractivity contribution in [2.75, 3.05) is 25.7 Å². The van der Waals surface area contributed by atoms with Gasteiger partial charge in [-0.15, -0.1) is 0 Å². The van der Waals surface area contributed by atoms with Crippen molar-refractivity contribution in [1.82, 2.24) is 9.97 Å². The van der Waals surface area contributed by atoms with E-state index in [-0.39, 0.29) is 6.04 Å². The summed E-state index contributed by atoms with van der Waals surface area (Å²) < 4.78 is 11.0. The van der Waals surface area contributed by atoms with Crippen molar-refractivity contribution in [3.05, 3.63) is 54.4 Å². The molecule has 3 aromatic rings. The Balaban J connectivity index is 1.81. The van der Waals surface area contributed by atoms with Gasteiger partial charge in [0.25, 0.3) is 0 Å². The molecular weight excluding hydrogens is 314 g/mol. The molecule has 5 nitrogen and oxygen atoms in total.